The van der Waals surface area contributed by atoms with Gasteiger partial charge in [-0.2, -0.15) is 0 Å². The van der Waals surface area contributed by atoms with Crippen molar-refractivity contribution in [2.45, 2.75) is 18.8 Å². The maximum atomic E-state index is 6.16. The Bertz CT molecular complexity index is 643. The number of nitrogens with two attached hydrogens (primary N) is 1. The lowest BCUT2D eigenvalue weighted by Crippen LogP contribution is -2.03. The van der Waals surface area contributed by atoms with Crippen LogP contribution in [0.5, 0.6) is 5.75 Å². The van der Waals surface area contributed by atoms with Gasteiger partial charge in [-0.25, -0.2) is 9.97 Å². The highest BCUT2D eigenvalue weighted by Crippen LogP contribution is 2.39. The number of methoxy groups -OCH3 is 1. The van der Waals surface area contributed by atoms with E-state index >= 15 is 0 Å². The molecule has 0 spiro atoms. The van der Waals surface area contributed by atoms with E-state index in [2.05, 4.69) is 15.3 Å². The molecule has 1 aliphatic rings. The Morgan fingerprint density at radius 1 is 1.30 bits per heavy atom. The molecule has 0 atom stereocenters. The van der Waals surface area contributed by atoms with Gasteiger partial charge in [0.1, 0.15) is 23.2 Å². The number of hydrogen-bond acceptors (Lipinski definition) is 5. The average Bonchev–Trinajstić information content (AvgIpc) is 3.25. The summed E-state index contributed by atoms with van der Waals surface area (Å²) in [7, 11) is 1.61. The molecule has 6 heteroatoms. The van der Waals surface area contributed by atoms with Gasteiger partial charge in [0.15, 0.2) is 0 Å². The number of rotatable bonds is 4. The van der Waals surface area contributed by atoms with Gasteiger partial charge in [-0.15, -0.1) is 0 Å². The number of anilines is 3. The van der Waals surface area contributed by atoms with E-state index in [-0.39, 0.29) is 0 Å². The molecule has 1 aromatic carbocycles. The van der Waals surface area contributed by atoms with Crippen molar-refractivity contribution < 1.29 is 4.74 Å². The van der Waals surface area contributed by atoms with E-state index in [1.54, 1.807) is 25.3 Å². The minimum atomic E-state index is 0.444. The first kappa shape index (κ1) is 13.0. The van der Waals surface area contributed by atoms with Gasteiger partial charge in [-0.3, -0.25) is 0 Å². The number of ether oxygens (including phenoxy) is 1. The zero-order chi connectivity index (χ0) is 14.1. The van der Waals surface area contributed by atoms with E-state index in [4.69, 9.17) is 22.1 Å². The number of halogens is 1. The van der Waals surface area contributed by atoms with Crippen molar-refractivity contribution in [3.63, 3.8) is 0 Å². The van der Waals surface area contributed by atoms with Crippen LogP contribution in [0, 0.1) is 0 Å². The molecule has 1 fully saturated rings. The molecule has 0 bridgehead atoms. The zero-order valence-electron chi connectivity index (χ0n) is 11.1. The van der Waals surface area contributed by atoms with E-state index in [0.717, 1.165) is 30.1 Å². The summed E-state index contributed by atoms with van der Waals surface area (Å²) in [5.41, 5.74) is 6.55. The highest BCUT2D eigenvalue weighted by molar-refractivity contribution is 6.33. The minimum absolute atomic E-state index is 0.444. The fraction of sp³-hybridized carbons (Fsp3) is 0.286. The highest BCUT2D eigenvalue weighted by Gasteiger charge is 2.27. The molecule has 1 saturated carbocycles. The fourth-order valence-corrected chi connectivity index (χ4v) is 2.10. The van der Waals surface area contributed by atoms with Crippen molar-refractivity contribution in [1.82, 2.24) is 9.97 Å². The van der Waals surface area contributed by atoms with Crippen LogP contribution in [0.4, 0.5) is 17.3 Å². The van der Waals surface area contributed by atoms with Crippen molar-refractivity contribution in [2.24, 2.45) is 0 Å². The Balaban J connectivity index is 1.90. The van der Waals surface area contributed by atoms with Gasteiger partial charge in [0.25, 0.3) is 0 Å². The molecule has 0 saturated heterocycles. The lowest BCUT2D eigenvalue weighted by atomic mass is 10.3. The fourth-order valence-electron chi connectivity index (χ4n) is 1.94. The van der Waals surface area contributed by atoms with Crippen LogP contribution in [0.25, 0.3) is 0 Å². The number of nitrogens with zero attached hydrogens (tertiary/aromatic N) is 2. The molecule has 1 aromatic heterocycles. The summed E-state index contributed by atoms with van der Waals surface area (Å²) in [6, 6.07) is 7.09. The van der Waals surface area contributed by atoms with Gasteiger partial charge in [0.2, 0.25) is 0 Å². The lowest BCUT2D eigenvalue weighted by Gasteiger charge is -2.11. The van der Waals surface area contributed by atoms with Crippen LogP contribution in [0.2, 0.25) is 5.02 Å². The van der Waals surface area contributed by atoms with E-state index in [1.807, 2.05) is 6.07 Å². The van der Waals surface area contributed by atoms with Crippen LogP contribution in [0.15, 0.2) is 24.3 Å². The highest BCUT2D eigenvalue weighted by atomic mass is 35.5. The Morgan fingerprint density at radius 3 is 2.80 bits per heavy atom. The van der Waals surface area contributed by atoms with Crippen molar-refractivity contribution in [1.29, 1.82) is 0 Å². The van der Waals surface area contributed by atoms with Gasteiger partial charge in [-0.05, 0) is 25.0 Å². The summed E-state index contributed by atoms with van der Waals surface area (Å²) in [6.07, 6.45) is 2.26. The molecule has 2 aromatic rings. The molecular formula is C14H15ClN4O. The first-order chi connectivity index (χ1) is 9.65. The molecule has 1 heterocycles. The van der Waals surface area contributed by atoms with E-state index in [1.165, 1.54) is 0 Å². The summed E-state index contributed by atoms with van der Waals surface area (Å²) < 4.78 is 5.19. The van der Waals surface area contributed by atoms with Crippen LogP contribution in [0.1, 0.15) is 24.6 Å². The molecule has 0 unspecified atom stereocenters. The van der Waals surface area contributed by atoms with Gasteiger partial charge < -0.3 is 15.8 Å². The maximum Gasteiger partial charge on any atom is 0.136 e. The minimum Gasteiger partial charge on any atom is -0.497 e. The van der Waals surface area contributed by atoms with Crippen molar-refractivity contribution in [3.05, 3.63) is 35.1 Å². The molecule has 104 valence electrons. The largest absolute Gasteiger partial charge is 0.497 e. The average molecular weight is 291 g/mol. The molecule has 5 nitrogen and oxygen atoms in total. The zero-order valence-corrected chi connectivity index (χ0v) is 11.8. The van der Waals surface area contributed by atoms with Crippen molar-refractivity contribution >= 4 is 28.9 Å². The van der Waals surface area contributed by atoms with Crippen LogP contribution >= 0.6 is 11.6 Å². The molecule has 3 rings (SSSR count). The Labute approximate surface area is 122 Å². The number of hydrogen-bond donors (Lipinski definition) is 2. The van der Waals surface area contributed by atoms with E-state index in [9.17, 15) is 0 Å². The second-order valence-corrected chi connectivity index (χ2v) is 5.19. The van der Waals surface area contributed by atoms with Gasteiger partial charge in [-0.1, -0.05) is 11.6 Å². The number of nitrogen functional groups attached to an aromatic ring is 1. The third-order valence-electron chi connectivity index (χ3n) is 3.14. The van der Waals surface area contributed by atoms with Gasteiger partial charge in [0.05, 0.1) is 17.8 Å². The lowest BCUT2D eigenvalue weighted by molar-refractivity contribution is 0.415. The quantitative estimate of drug-likeness (QED) is 0.903. The maximum absolute atomic E-state index is 6.16. The molecule has 0 radical (unpaired) electrons. The predicted octanol–water partition coefficient (Wildman–Crippen LogP) is 3.34. The first-order valence-corrected chi connectivity index (χ1v) is 6.78. The van der Waals surface area contributed by atoms with Crippen molar-refractivity contribution in [2.75, 3.05) is 18.2 Å². The number of aromatic nitrogens is 2. The summed E-state index contributed by atoms with van der Waals surface area (Å²) in [5.74, 6) is 3.07. The molecule has 20 heavy (non-hydrogen) atoms. The standard InChI is InChI=1S/C14H15ClN4O/c1-20-9-4-5-10(15)11(6-9)17-13-7-12(16)18-14(19-13)8-2-3-8/h4-8H,2-3H2,1H3,(H3,16,17,18,19). The van der Waals surface area contributed by atoms with Crippen LogP contribution in [0.3, 0.4) is 0 Å². The van der Waals surface area contributed by atoms with Gasteiger partial charge in [0, 0.05) is 18.1 Å². The second kappa shape index (κ2) is 5.17. The van der Waals surface area contributed by atoms with Gasteiger partial charge >= 0.3 is 0 Å². The predicted molar refractivity (Wildman–Crippen MR) is 79.7 cm³/mol. The molecule has 0 aliphatic heterocycles. The van der Waals surface area contributed by atoms with E-state index < -0.39 is 0 Å². The third kappa shape index (κ3) is 2.77. The molecule has 1 aliphatic carbocycles. The molecule has 3 N–H and O–H groups in total. The summed E-state index contributed by atoms with van der Waals surface area (Å²) in [4.78, 5) is 8.75. The Kier molecular flexibility index (Phi) is 3.36. The summed E-state index contributed by atoms with van der Waals surface area (Å²) in [5, 5.41) is 3.76. The second-order valence-electron chi connectivity index (χ2n) is 4.78. The SMILES string of the molecule is COc1ccc(Cl)c(Nc2cc(N)nc(C3CC3)n2)c1. The normalized spacial score (nSPS) is 14.1. The third-order valence-corrected chi connectivity index (χ3v) is 3.47. The molecular weight excluding hydrogens is 276 g/mol. The Hall–Kier alpha value is -2.01. The van der Waals surface area contributed by atoms with E-state index in [0.29, 0.717) is 22.6 Å². The summed E-state index contributed by atoms with van der Waals surface area (Å²) in [6.45, 7) is 0. The first-order valence-electron chi connectivity index (χ1n) is 6.41. The van der Waals surface area contributed by atoms with Crippen LogP contribution in [-0.4, -0.2) is 17.1 Å². The number of benzene rings is 1. The molecule has 0 amide bonds. The van der Waals surface area contributed by atoms with Crippen LogP contribution in [-0.2, 0) is 0 Å². The monoisotopic (exact) mass is 290 g/mol. The topological polar surface area (TPSA) is 73.1 Å². The van der Waals surface area contributed by atoms with Crippen LogP contribution < -0.4 is 15.8 Å². The number of nitrogens with one attached hydrogen (secondary N) is 1. The van der Waals surface area contributed by atoms with Crippen molar-refractivity contribution in [3.8, 4) is 5.75 Å². The Morgan fingerprint density at radius 2 is 2.10 bits per heavy atom. The summed E-state index contributed by atoms with van der Waals surface area (Å²) >= 11 is 6.16. The smallest absolute Gasteiger partial charge is 0.136 e.